The highest BCUT2D eigenvalue weighted by atomic mass is 35.5. The summed E-state index contributed by atoms with van der Waals surface area (Å²) >= 11 is 7.10. The third kappa shape index (κ3) is 6.05. The van der Waals surface area contributed by atoms with Crippen molar-refractivity contribution in [3.8, 4) is 0 Å². The number of carbonyl (C=O) groups is 1. The van der Waals surface area contributed by atoms with E-state index in [1.807, 2.05) is 0 Å². The fourth-order valence-electron chi connectivity index (χ4n) is 2.34. The second-order valence-corrected chi connectivity index (χ2v) is 7.78. The van der Waals surface area contributed by atoms with Crippen molar-refractivity contribution in [1.82, 2.24) is 25.6 Å². The zero-order valence-corrected chi connectivity index (χ0v) is 17.8. The predicted molar refractivity (Wildman–Crippen MR) is 114 cm³/mol. The molecule has 1 N–H and O–H groups in total. The number of carbonyl (C=O) groups excluding carboxylic acids is 1. The molecule has 3 rings (SSSR count). The third-order valence-electron chi connectivity index (χ3n) is 3.74. The van der Waals surface area contributed by atoms with Crippen LogP contribution < -0.4 is 5.43 Å². The summed E-state index contributed by atoms with van der Waals surface area (Å²) < 4.78 is 0. The molecule has 1 amide bonds. The van der Waals surface area contributed by atoms with Gasteiger partial charge in [-0.3, -0.25) is 14.9 Å². The smallest absolute Gasteiger partial charge is 0.390 e. The number of rotatable bonds is 8. The zero-order valence-electron chi connectivity index (χ0n) is 16.2. The molecule has 0 saturated carbocycles. The number of hydrazone groups is 1. The van der Waals surface area contributed by atoms with Crippen LogP contribution in [0.1, 0.15) is 17.3 Å². The van der Waals surface area contributed by atoms with Crippen LogP contribution in [-0.4, -0.2) is 41.7 Å². The lowest BCUT2D eigenvalue weighted by Crippen LogP contribution is -2.21. The molecule has 2 aromatic carbocycles. The largest absolute Gasteiger partial charge is 0.514 e. The van der Waals surface area contributed by atoms with Crippen LogP contribution in [0.5, 0.6) is 0 Å². The first-order chi connectivity index (χ1) is 15.2. The van der Waals surface area contributed by atoms with Gasteiger partial charge in [-0.2, -0.15) is 5.10 Å². The number of amides is 1. The van der Waals surface area contributed by atoms with Gasteiger partial charge >= 0.3 is 5.95 Å². The maximum Gasteiger partial charge on any atom is 0.514 e. The number of halogens is 1. The van der Waals surface area contributed by atoms with Crippen LogP contribution in [0.2, 0.25) is 5.02 Å². The number of nitrogens with one attached hydrogen (secondary N) is 1. The van der Waals surface area contributed by atoms with Crippen LogP contribution in [0.3, 0.4) is 0 Å². The summed E-state index contributed by atoms with van der Waals surface area (Å²) in [4.78, 5) is 35.2. The Morgan fingerprint density at radius 2 is 1.88 bits per heavy atom. The van der Waals surface area contributed by atoms with E-state index in [9.17, 15) is 25.0 Å². The molecule has 0 aliphatic heterocycles. The van der Waals surface area contributed by atoms with Crippen molar-refractivity contribution in [2.45, 2.75) is 23.3 Å². The first kappa shape index (κ1) is 22.8. The quantitative estimate of drug-likeness (QED) is 0.291. The van der Waals surface area contributed by atoms with E-state index in [1.165, 1.54) is 30.8 Å². The van der Waals surface area contributed by atoms with Gasteiger partial charge in [-0.1, -0.05) is 28.2 Å². The van der Waals surface area contributed by atoms with Gasteiger partial charge in [-0.15, -0.1) is 0 Å². The number of hydrogen-bond donors (Lipinski definition) is 1. The number of hydrogen-bond acceptors (Lipinski definition) is 10. The Bertz CT molecular complexity index is 1210. The first-order valence-electron chi connectivity index (χ1n) is 8.70. The van der Waals surface area contributed by atoms with E-state index in [1.54, 1.807) is 24.3 Å². The Hall–Kier alpha value is -3.91. The first-order valence-corrected chi connectivity index (χ1v) is 9.89. The normalized spacial score (nSPS) is 11.2. The molecule has 0 spiro atoms. The molecular weight excluding hydrogens is 464 g/mol. The highest BCUT2D eigenvalue weighted by Gasteiger charge is 2.17. The minimum atomic E-state index is -0.792. The van der Waals surface area contributed by atoms with Crippen LogP contribution in [0.15, 0.2) is 57.4 Å². The molecule has 1 aromatic heterocycles. The van der Waals surface area contributed by atoms with Gasteiger partial charge in [0.25, 0.3) is 11.6 Å². The molecule has 0 bridgehead atoms. The second kappa shape index (κ2) is 9.93. The molecule has 0 atom stereocenters. The number of nitro benzene ring substituents is 1. The van der Waals surface area contributed by atoms with Gasteiger partial charge in [0.15, 0.2) is 0 Å². The predicted octanol–water partition coefficient (Wildman–Crippen LogP) is 3.10. The second-order valence-electron chi connectivity index (χ2n) is 6.19. The van der Waals surface area contributed by atoms with Gasteiger partial charge in [0.05, 0.1) is 20.8 Å². The standard InChI is InChI=1S/C17H13ClN8O5S/c1-10(9-24-22-17(21-23-24)26(30)31)19-20-16(27)11-6-13(25(28)29)8-15(7-11)32-14-4-2-12(18)3-5-14/h2-8H,9H2,1H3,(H,20,27)/b19-10+. The average Bonchev–Trinajstić information content (AvgIpc) is 3.22. The highest BCUT2D eigenvalue weighted by Crippen LogP contribution is 2.32. The lowest BCUT2D eigenvalue weighted by atomic mass is 10.2. The Labute approximate surface area is 188 Å². The lowest BCUT2D eigenvalue weighted by molar-refractivity contribution is -0.394. The summed E-state index contributed by atoms with van der Waals surface area (Å²) in [6.07, 6.45) is 0. The molecule has 0 aliphatic rings. The molecule has 0 unspecified atom stereocenters. The lowest BCUT2D eigenvalue weighted by Gasteiger charge is -2.06. The van der Waals surface area contributed by atoms with E-state index >= 15 is 0 Å². The van der Waals surface area contributed by atoms with E-state index in [4.69, 9.17) is 11.6 Å². The molecule has 0 aliphatic carbocycles. The van der Waals surface area contributed by atoms with E-state index in [2.05, 4.69) is 25.9 Å². The van der Waals surface area contributed by atoms with Gasteiger partial charge in [0, 0.05) is 37.7 Å². The summed E-state index contributed by atoms with van der Waals surface area (Å²) in [5.74, 6) is -1.34. The topological polar surface area (TPSA) is 171 Å². The Morgan fingerprint density at radius 1 is 1.16 bits per heavy atom. The molecule has 0 saturated heterocycles. The average molecular weight is 477 g/mol. The molecule has 15 heteroatoms. The van der Waals surface area contributed by atoms with Gasteiger partial charge in [-0.25, -0.2) is 5.43 Å². The van der Waals surface area contributed by atoms with Crippen LogP contribution in [0.25, 0.3) is 0 Å². The van der Waals surface area contributed by atoms with Gasteiger partial charge in [0.1, 0.15) is 6.54 Å². The zero-order chi connectivity index (χ0) is 23.3. The van der Waals surface area contributed by atoms with Crippen molar-refractivity contribution in [2.24, 2.45) is 5.10 Å². The highest BCUT2D eigenvalue weighted by molar-refractivity contribution is 7.99. The van der Waals surface area contributed by atoms with Gasteiger partial charge in [-0.05, 0) is 42.2 Å². The summed E-state index contributed by atoms with van der Waals surface area (Å²) in [6.45, 7) is 1.47. The van der Waals surface area contributed by atoms with Crippen LogP contribution >= 0.6 is 23.4 Å². The maximum absolute atomic E-state index is 12.5. The molecule has 164 valence electrons. The molecule has 13 nitrogen and oxygen atoms in total. The van der Waals surface area contributed by atoms with Crippen molar-refractivity contribution in [1.29, 1.82) is 0 Å². The van der Waals surface area contributed by atoms with Crippen molar-refractivity contribution >= 4 is 46.6 Å². The molecule has 0 fully saturated rings. The Balaban J connectivity index is 1.74. The number of tetrazole rings is 1. The number of nitrogens with zero attached hydrogens (tertiary/aromatic N) is 7. The van der Waals surface area contributed by atoms with E-state index < -0.39 is 21.7 Å². The number of benzene rings is 2. The van der Waals surface area contributed by atoms with Gasteiger partial charge < -0.3 is 10.1 Å². The maximum atomic E-state index is 12.5. The minimum absolute atomic E-state index is 0.0294. The van der Waals surface area contributed by atoms with E-state index in [0.29, 0.717) is 15.6 Å². The molecule has 0 radical (unpaired) electrons. The van der Waals surface area contributed by atoms with Crippen molar-refractivity contribution < 1.29 is 14.6 Å². The van der Waals surface area contributed by atoms with E-state index in [0.717, 1.165) is 15.8 Å². The van der Waals surface area contributed by atoms with Crippen LogP contribution in [0.4, 0.5) is 11.6 Å². The Kier molecular flexibility index (Phi) is 7.07. The summed E-state index contributed by atoms with van der Waals surface area (Å²) in [5.41, 5.74) is 2.38. The fraction of sp³-hybridized carbons (Fsp3) is 0.118. The number of nitro groups is 2. The Morgan fingerprint density at radius 3 is 2.50 bits per heavy atom. The molecule has 1 heterocycles. The monoisotopic (exact) mass is 476 g/mol. The molecule has 32 heavy (non-hydrogen) atoms. The number of non-ortho nitro benzene ring substituents is 1. The van der Waals surface area contributed by atoms with Crippen LogP contribution in [-0.2, 0) is 6.54 Å². The van der Waals surface area contributed by atoms with Crippen LogP contribution in [0, 0.1) is 20.2 Å². The number of aromatic nitrogens is 4. The third-order valence-corrected chi connectivity index (χ3v) is 4.97. The van der Waals surface area contributed by atoms with Crippen molar-refractivity contribution in [2.75, 3.05) is 0 Å². The van der Waals surface area contributed by atoms with Gasteiger partial charge in [0.2, 0.25) is 0 Å². The summed E-state index contributed by atoms with van der Waals surface area (Å²) in [7, 11) is 0. The minimum Gasteiger partial charge on any atom is -0.390 e. The SMILES string of the molecule is C/C(Cn1nnc([N+](=O)[O-])n1)=N\NC(=O)c1cc(Sc2ccc(Cl)cc2)cc([N+](=O)[O-])c1. The van der Waals surface area contributed by atoms with Crippen molar-refractivity contribution in [3.63, 3.8) is 0 Å². The van der Waals surface area contributed by atoms with Crippen molar-refractivity contribution in [3.05, 3.63) is 73.3 Å². The van der Waals surface area contributed by atoms with E-state index in [-0.39, 0.29) is 17.8 Å². The fourth-order valence-corrected chi connectivity index (χ4v) is 3.38. The summed E-state index contributed by atoms with van der Waals surface area (Å²) in [6, 6.07) is 10.9. The summed E-state index contributed by atoms with van der Waals surface area (Å²) in [5, 5.41) is 36.6. The molecule has 3 aromatic rings. The molecular formula is C17H13ClN8O5S.